The fourth-order valence-corrected chi connectivity index (χ4v) is 13.5. The van der Waals surface area contributed by atoms with Gasteiger partial charge in [0.1, 0.15) is 5.75 Å². The zero-order valence-corrected chi connectivity index (χ0v) is 42.9. The van der Waals surface area contributed by atoms with E-state index in [2.05, 4.69) is 22.9 Å². The van der Waals surface area contributed by atoms with Crippen molar-refractivity contribution in [2.75, 3.05) is 25.6 Å². The molecule has 11 N–H and O–H groups in total. The summed E-state index contributed by atoms with van der Waals surface area (Å²) in [4.78, 5) is 31.2. The Bertz CT molecular complexity index is 2820. The number of hydrogen-bond acceptors (Lipinski definition) is 13. The summed E-state index contributed by atoms with van der Waals surface area (Å²) in [5, 5.41) is 64.6. The minimum Gasteiger partial charge on any atom is -0.508 e. The van der Waals surface area contributed by atoms with Crippen LogP contribution in [0.1, 0.15) is 130 Å². The van der Waals surface area contributed by atoms with Gasteiger partial charge in [-0.05, 0) is 150 Å². The Balaban J connectivity index is 1.11. The summed E-state index contributed by atoms with van der Waals surface area (Å²) in [6, 6.07) is 24.3. The lowest BCUT2D eigenvalue weighted by Crippen LogP contribution is -2.22. The van der Waals surface area contributed by atoms with Gasteiger partial charge in [0, 0.05) is 71.9 Å². The number of aromatic amines is 1. The number of aromatic nitrogens is 1. The maximum Gasteiger partial charge on any atom is 0.165 e. The van der Waals surface area contributed by atoms with Gasteiger partial charge in [0.25, 0.3) is 0 Å². The van der Waals surface area contributed by atoms with Crippen LogP contribution in [0.5, 0.6) is 17.2 Å². The number of fused-ring (bicyclic) bond motifs is 9. The molecule has 3 aliphatic rings. The van der Waals surface area contributed by atoms with Gasteiger partial charge in [0.15, 0.2) is 23.1 Å². The van der Waals surface area contributed by atoms with Crippen molar-refractivity contribution < 1.29 is 45.0 Å². The van der Waals surface area contributed by atoms with Crippen molar-refractivity contribution in [3.8, 4) is 29.1 Å². The summed E-state index contributed by atoms with van der Waals surface area (Å²) in [5.74, 6) is 7.29. The molecular formula is C59H69N3O9S2. The van der Waals surface area contributed by atoms with Gasteiger partial charge in [-0.3, -0.25) is 9.59 Å². The zero-order valence-electron chi connectivity index (χ0n) is 41.3. The summed E-state index contributed by atoms with van der Waals surface area (Å²) in [6.07, 6.45) is 9.55. The fraction of sp³-hybridized carbons (Fsp3) is 0.424. The van der Waals surface area contributed by atoms with Crippen LogP contribution in [-0.2, 0) is 42.7 Å². The van der Waals surface area contributed by atoms with Gasteiger partial charge in [0.05, 0.1) is 38.0 Å². The van der Waals surface area contributed by atoms with Gasteiger partial charge in [-0.1, -0.05) is 88.0 Å². The third kappa shape index (κ3) is 13.9. The number of benzene rings is 4. The molecule has 2 heterocycles. The number of phenols is 2. The predicted octanol–water partition coefficient (Wildman–Crippen LogP) is 8.29. The lowest BCUT2D eigenvalue weighted by molar-refractivity contribution is -0.114. The van der Waals surface area contributed by atoms with Crippen molar-refractivity contribution in [2.24, 2.45) is 28.7 Å². The van der Waals surface area contributed by atoms with Crippen LogP contribution >= 0.6 is 21.6 Å². The summed E-state index contributed by atoms with van der Waals surface area (Å²) >= 11 is 0. The summed E-state index contributed by atoms with van der Waals surface area (Å²) < 4.78 is 6.16. The van der Waals surface area contributed by atoms with Crippen LogP contribution in [-0.4, -0.2) is 85.0 Å². The molecule has 0 spiro atoms. The molecule has 1 fully saturated rings. The summed E-state index contributed by atoms with van der Waals surface area (Å²) in [7, 11) is 3.28. The molecular weight excluding hydrogens is 959 g/mol. The second-order valence-electron chi connectivity index (χ2n) is 20.2. The highest BCUT2D eigenvalue weighted by molar-refractivity contribution is 8.76. The van der Waals surface area contributed by atoms with E-state index in [1.807, 2.05) is 48.5 Å². The maximum atomic E-state index is 14.3. The molecule has 1 aliphatic heterocycles. The predicted molar refractivity (Wildman–Crippen MR) is 289 cm³/mol. The standard InChI is InChI=1S/C59H69N3O9S2/c60-58(61)49-29-42-6-3-7-52-47(18-23-62-52)55(69)31-50-48(42)30-43(49)35-72-73-36-44-32-59(33-56(44)70,21-16-38(26-46(66)34-64)8-12-40-4-1-2-5-41(40)19-24-63)22-17-45(65)13-9-37-11-15-54(68)57(28-37)71-25-20-39-10-14-53(67)51(50)27-39/h1-2,4-5,10-11,14-15,17-18,22-23,27-30,38,44,46,50,56,58,62-64,66-68,70H,7-9,12-13,16,19-21,24-26,31-36,60-61H2. The number of allylic oxidation sites excluding steroid dienone is 2. The van der Waals surface area contributed by atoms with E-state index in [0.29, 0.717) is 86.0 Å². The number of aromatic hydroxyl groups is 2. The van der Waals surface area contributed by atoms with E-state index in [9.17, 15) is 40.2 Å². The number of ether oxygens (including phenoxy) is 1. The van der Waals surface area contributed by atoms with Gasteiger partial charge in [0.2, 0.25) is 0 Å². The van der Waals surface area contributed by atoms with Crippen LogP contribution in [0.25, 0.3) is 0 Å². The smallest absolute Gasteiger partial charge is 0.165 e. The largest absolute Gasteiger partial charge is 0.508 e. The van der Waals surface area contributed by atoms with E-state index >= 15 is 0 Å². The lowest BCUT2D eigenvalue weighted by Gasteiger charge is -2.29. The minimum atomic E-state index is -0.876. The summed E-state index contributed by atoms with van der Waals surface area (Å²) in [6.45, 7) is -0.0917. The number of carbonyl (C=O) groups is 2. The number of nitrogens with two attached hydrogens (primary N) is 2. The molecule has 4 aromatic carbocycles. The molecule has 6 atom stereocenters. The van der Waals surface area contributed by atoms with Crippen LogP contribution in [0.15, 0.2) is 97.2 Å². The fourth-order valence-electron chi connectivity index (χ4n) is 11.0. The van der Waals surface area contributed by atoms with Gasteiger partial charge in [-0.25, -0.2) is 0 Å². The Hall–Kier alpha value is -5.34. The van der Waals surface area contributed by atoms with E-state index in [1.54, 1.807) is 64.2 Å². The first-order valence-corrected chi connectivity index (χ1v) is 28.0. The third-order valence-corrected chi connectivity index (χ3v) is 17.5. The van der Waals surface area contributed by atoms with E-state index in [0.717, 1.165) is 57.5 Å². The van der Waals surface area contributed by atoms with E-state index in [4.69, 9.17) is 16.2 Å². The van der Waals surface area contributed by atoms with Crippen LogP contribution in [0.3, 0.4) is 0 Å². The molecule has 2 aliphatic carbocycles. The molecule has 14 heteroatoms. The van der Waals surface area contributed by atoms with Gasteiger partial charge in [-0.2, -0.15) is 0 Å². The number of nitrogens with one attached hydrogen (secondary N) is 1. The summed E-state index contributed by atoms with van der Waals surface area (Å²) in [5.41, 5.74) is 21.3. The first-order chi connectivity index (χ1) is 35.3. The van der Waals surface area contributed by atoms with E-state index < -0.39 is 29.7 Å². The maximum absolute atomic E-state index is 14.3. The van der Waals surface area contributed by atoms with Crippen molar-refractivity contribution >= 4 is 33.2 Å². The first kappa shape index (κ1) is 53.9. The molecule has 0 saturated heterocycles. The zero-order chi connectivity index (χ0) is 51.5. The SMILES string of the molecule is NC(N)c1cc2c3cc1CSSCC1CC(CCC(CCc4ccccc4CCO)CC(O)CO)(C=CC(=O)CCc4ccc(O)c(c4)OCCc4ccc(O)c(c4)C3CC(=O)c3cc[nH]c3CC#C2)CC1O. The number of aryl methyl sites for hydroxylation is 2. The van der Waals surface area contributed by atoms with Crippen molar-refractivity contribution in [2.45, 2.75) is 114 Å². The molecule has 6 unspecified atom stereocenters. The number of carbonyl (C=O) groups excluding carboxylic acids is 2. The van der Waals surface area contributed by atoms with Crippen LogP contribution in [0, 0.1) is 29.1 Å². The van der Waals surface area contributed by atoms with E-state index in [-0.39, 0.29) is 73.3 Å². The number of aliphatic hydroxyl groups is 4. The highest BCUT2D eigenvalue weighted by atomic mass is 33.1. The number of hydrogen-bond donors (Lipinski definition) is 9. The Labute approximate surface area is 436 Å². The molecule has 5 aromatic rings. The molecule has 1 aromatic heterocycles. The van der Waals surface area contributed by atoms with Crippen molar-refractivity contribution in [3.63, 3.8) is 0 Å². The van der Waals surface area contributed by atoms with Crippen LogP contribution < -0.4 is 16.2 Å². The molecule has 8 bridgehead atoms. The second kappa shape index (κ2) is 25.3. The molecule has 12 nitrogen and oxygen atoms in total. The highest BCUT2D eigenvalue weighted by Crippen LogP contribution is 2.50. The van der Waals surface area contributed by atoms with Gasteiger partial charge < -0.3 is 51.8 Å². The Morgan fingerprint density at radius 3 is 2.42 bits per heavy atom. The number of H-pyrrole nitrogens is 1. The topological polar surface area (TPSA) is 233 Å². The number of phenolic OH excluding ortho intramolecular Hbond substituents is 2. The molecule has 0 radical (unpaired) electrons. The highest BCUT2D eigenvalue weighted by Gasteiger charge is 2.43. The molecule has 73 heavy (non-hydrogen) atoms. The number of aliphatic hydroxyl groups excluding tert-OH is 4. The first-order valence-electron chi connectivity index (χ1n) is 25.6. The quantitative estimate of drug-likeness (QED) is 0.0326. The van der Waals surface area contributed by atoms with Gasteiger partial charge in [-0.15, -0.1) is 0 Å². The van der Waals surface area contributed by atoms with Crippen LogP contribution in [0.4, 0.5) is 0 Å². The average molecular weight is 1030 g/mol. The molecule has 8 rings (SSSR count). The lowest BCUT2D eigenvalue weighted by atomic mass is 9.76. The van der Waals surface area contributed by atoms with Crippen LogP contribution in [0.2, 0.25) is 0 Å². The molecule has 0 amide bonds. The van der Waals surface area contributed by atoms with Crippen molar-refractivity contribution in [3.05, 3.63) is 159 Å². The van der Waals surface area contributed by atoms with E-state index in [1.165, 1.54) is 0 Å². The molecule has 386 valence electrons. The number of rotatable bonds is 12. The van der Waals surface area contributed by atoms with Crippen molar-refractivity contribution in [1.82, 2.24) is 4.98 Å². The minimum absolute atomic E-state index is 0.0280. The second-order valence-corrected chi connectivity index (χ2v) is 22.7. The Morgan fingerprint density at radius 2 is 1.64 bits per heavy atom. The normalized spacial score (nSPS) is 21.5. The Morgan fingerprint density at radius 1 is 0.863 bits per heavy atom. The average Bonchev–Trinajstić information content (AvgIpc) is 3.99. The Kier molecular flexibility index (Phi) is 18.7. The number of Topliss-reactive ketones (excluding diaryl/α,β-unsaturated/α-hetero) is 1. The monoisotopic (exact) mass is 1030 g/mol. The third-order valence-electron chi connectivity index (χ3n) is 15.1. The van der Waals surface area contributed by atoms with Gasteiger partial charge >= 0.3 is 0 Å². The number of ketones is 2. The molecule has 1 saturated carbocycles. The van der Waals surface area contributed by atoms with Crippen molar-refractivity contribution in [1.29, 1.82) is 0 Å².